The lowest BCUT2D eigenvalue weighted by Crippen LogP contribution is -2.32. The third-order valence-corrected chi connectivity index (χ3v) is 8.19. The first kappa shape index (κ1) is 26.7. The molecule has 2 aromatic carbocycles. The quantitative estimate of drug-likeness (QED) is 0.238. The number of esters is 1. The number of fused-ring (bicyclic) bond motifs is 1. The lowest BCUT2D eigenvalue weighted by atomic mass is 9.85. The van der Waals surface area contributed by atoms with Gasteiger partial charge in [0.25, 0.3) is 0 Å². The summed E-state index contributed by atoms with van der Waals surface area (Å²) >= 11 is 6.00. The number of carbonyl (C=O) groups excluding carboxylic acids is 1. The fourth-order valence-corrected chi connectivity index (χ4v) is 5.73. The van der Waals surface area contributed by atoms with E-state index in [9.17, 15) is 4.79 Å². The van der Waals surface area contributed by atoms with Gasteiger partial charge in [-0.25, -0.2) is 14.8 Å². The summed E-state index contributed by atoms with van der Waals surface area (Å²) in [5.41, 5.74) is 3.51. The maximum atomic E-state index is 12.2. The highest BCUT2D eigenvalue weighted by Crippen LogP contribution is 2.31. The van der Waals surface area contributed by atoms with Crippen molar-refractivity contribution >= 4 is 28.6 Å². The Balaban J connectivity index is 1.09. The van der Waals surface area contributed by atoms with Crippen LogP contribution in [0.2, 0.25) is 5.02 Å². The summed E-state index contributed by atoms with van der Waals surface area (Å²) in [7, 11) is 1.41. The van der Waals surface area contributed by atoms with Gasteiger partial charge in [0.1, 0.15) is 17.8 Å². The third kappa shape index (κ3) is 6.13. The summed E-state index contributed by atoms with van der Waals surface area (Å²) in [6, 6.07) is 15.2. The van der Waals surface area contributed by atoms with Gasteiger partial charge >= 0.3 is 5.97 Å². The molecule has 4 aromatic rings. The first-order valence-electron chi connectivity index (χ1n) is 14.0. The largest absolute Gasteiger partial charge is 0.474 e. The number of hydrogen-bond acceptors (Lipinski definition) is 7. The highest BCUT2D eigenvalue weighted by molar-refractivity contribution is 6.30. The second-order valence-corrected chi connectivity index (χ2v) is 11.1. The summed E-state index contributed by atoms with van der Waals surface area (Å²) in [6.45, 7) is 1.56. The highest BCUT2D eigenvalue weighted by Gasteiger charge is 2.27. The standard InChI is InChI=1S/C31H33ClN4O4/c1-38-31(37)22-6-11-26-27(18-22)36(19-25-13-15-39-25)29(34-26)17-21-4-9-24(10-5-21)40-30-12-14-33-28(35-30)16-20-2-7-23(32)8-3-20/h2-3,6-8,11-12,14,18,21,24-25H,4-5,9-10,13,15-17,19H2,1H3/t21-,24-,25-/m0/s1. The van der Waals surface area contributed by atoms with Crippen LogP contribution in [-0.2, 0) is 28.9 Å². The Morgan fingerprint density at radius 2 is 1.85 bits per heavy atom. The second-order valence-electron chi connectivity index (χ2n) is 10.7. The van der Waals surface area contributed by atoms with Crippen molar-refractivity contribution in [2.24, 2.45) is 5.92 Å². The van der Waals surface area contributed by atoms with E-state index in [1.165, 1.54) is 7.11 Å². The monoisotopic (exact) mass is 560 g/mol. The minimum atomic E-state index is -0.338. The smallest absolute Gasteiger partial charge is 0.337 e. The third-order valence-electron chi connectivity index (χ3n) is 7.94. The van der Waals surface area contributed by atoms with E-state index in [-0.39, 0.29) is 18.2 Å². The minimum Gasteiger partial charge on any atom is -0.474 e. The molecule has 2 aliphatic rings. The number of hydrogen-bond donors (Lipinski definition) is 0. The van der Waals surface area contributed by atoms with Crippen LogP contribution >= 0.6 is 11.6 Å². The van der Waals surface area contributed by atoms with Crippen LogP contribution < -0.4 is 4.74 Å². The predicted molar refractivity (Wildman–Crippen MR) is 152 cm³/mol. The second kappa shape index (κ2) is 11.9. The summed E-state index contributed by atoms with van der Waals surface area (Å²) in [6.07, 6.45) is 8.73. The lowest BCUT2D eigenvalue weighted by molar-refractivity contribution is -0.0590. The van der Waals surface area contributed by atoms with Gasteiger partial charge in [0.05, 0.1) is 36.4 Å². The Morgan fingerprint density at radius 3 is 2.58 bits per heavy atom. The van der Waals surface area contributed by atoms with E-state index in [0.29, 0.717) is 23.8 Å². The van der Waals surface area contributed by atoms with Crippen LogP contribution in [0.25, 0.3) is 11.0 Å². The number of nitrogens with zero attached hydrogens (tertiary/aromatic N) is 4. The van der Waals surface area contributed by atoms with Crippen LogP contribution in [0.4, 0.5) is 0 Å². The van der Waals surface area contributed by atoms with E-state index in [2.05, 4.69) is 14.5 Å². The molecule has 1 saturated carbocycles. The maximum Gasteiger partial charge on any atom is 0.337 e. The van der Waals surface area contributed by atoms with E-state index in [0.717, 1.165) is 84.9 Å². The first-order chi connectivity index (χ1) is 19.5. The Bertz CT molecular complexity index is 1480. The Hall–Kier alpha value is -3.49. The van der Waals surface area contributed by atoms with Crippen LogP contribution in [0.3, 0.4) is 0 Å². The molecule has 208 valence electrons. The zero-order valence-corrected chi connectivity index (χ0v) is 23.3. The molecule has 0 bridgehead atoms. The van der Waals surface area contributed by atoms with Gasteiger partial charge in [0.15, 0.2) is 0 Å². The predicted octanol–water partition coefficient (Wildman–Crippen LogP) is 5.83. The lowest BCUT2D eigenvalue weighted by Gasteiger charge is -2.30. The van der Waals surface area contributed by atoms with Crippen molar-refractivity contribution in [2.75, 3.05) is 13.7 Å². The number of imidazole rings is 1. The van der Waals surface area contributed by atoms with Gasteiger partial charge in [-0.05, 0) is 73.9 Å². The molecule has 0 radical (unpaired) electrons. The topological polar surface area (TPSA) is 88.4 Å². The number of methoxy groups -OCH3 is 1. The van der Waals surface area contributed by atoms with Crippen molar-refractivity contribution in [1.82, 2.24) is 19.5 Å². The molecule has 8 nitrogen and oxygen atoms in total. The Morgan fingerprint density at radius 1 is 1.05 bits per heavy atom. The van der Waals surface area contributed by atoms with E-state index < -0.39 is 0 Å². The van der Waals surface area contributed by atoms with Crippen LogP contribution in [0, 0.1) is 5.92 Å². The molecule has 0 N–H and O–H groups in total. The zero-order valence-electron chi connectivity index (χ0n) is 22.6. The van der Waals surface area contributed by atoms with Crippen LogP contribution in [0.1, 0.15) is 59.7 Å². The fourth-order valence-electron chi connectivity index (χ4n) is 5.61. The summed E-state index contributed by atoms with van der Waals surface area (Å²) in [4.78, 5) is 26.2. The van der Waals surface area contributed by atoms with Gasteiger partial charge < -0.3 is 18.8 Å². The van der Waals surface area contributed by atoms with E-state index in [1.54, 1.807) is 12.3 Å². The van der Waals surface area contributed by atoms with Crippen molar-refractivity contribution < 1.29 is 19.0 Å². The average Bonchev–Trinajstić information content (AvgIpc) is 3.28. The number of aromatic nitrogens is 4. The van der Waals surface area contributed by atoms with Crippen molar-refractivity contribution in [1.29, 1.82) is 0 Å². The molecule has 6 rings (SSSR count). The molecule has 0 unspecified atom stereocenters. The number of halogens is 1. The fraction of sp³-hybridized carbons (Fsp3) is 0.419. The van der Waals surface area contributed by atoms with Gasteiger partial charge in [-0.3, -0.25) is 0 Å². The normalized spacial score (nSPS) is 20.7. The number of carbonyl (C=O) groups is 1. The summed E-state index contributed by atoms with van der Waals surface area (Å²) in [5.74, 6) is 2.60. The molecule has 1 saturated heterocycles. The molecule has 1 aliphatic carbocycles. The Labute approximate surface area is 238 Å². The first-order valence-corrected chi connectivity index (χ1v) is 14.3. The number of benzene rings is 2. The molecule has 0 spiro atoms. The Kier molecular flexibility index (Phi) is 7.98. The van der Waals surface area contributed by atoms with E-state index in [4.69, 9.17) is 30.8 Å². The maximum absolute atomic E-state index is 12.2. The molecule has 40 heavy (non-hydrogen) atoms. The molecule has 1 atom stereocenters. The van der Waals surface area contributed by atoms with Crippen molar-refractivity contribution in [3.8, 4) is 5.88 Å². The van der Waals surface area contributed by atoms with Crippen molar-refractivity contribution in [3.63, 3.8) is 0 Å². The van der Waals surface area contributed by atoms with Gasteiger partial charge in [0, 0.05) is 36.7 Å². The summed E-state index contributed by atoms with van der Waals surface area (Å²) in [5, 5.41) is 0.717. The van der Waals surface area contributed by atoms with Crippen molar-refractivity contribution in [3.05, 3.63) is 82.5 Å². The van der Waals surface area contributed by atoms with Gasteiger partial charge in [-0.2, -0.15) is 4.98 Å². The van der Waals surface area contributed by atoms with E-state index >= 15 is 0 Å². The molecule has 2 aromatic heterocycles. The van der Waals surface area contributed by atoms with E-state index in [1.807, 2.05) is 42.5 Å². The number of ether oxygens (including phenoxy) is 3. The molecule has 3 heterocycles. The average molecular weight is 561 g/mol. The molecule has 0 amide bonds. The molecule has 1 aliphatic heterocycles. The minimum absolute atomic E-state index is 0.138. The molecular weight excluding hydrogens is 528 g/mol. The van der Waals surface area contributed by atoms with Gasteiger partial charge in [0.2, 0.25) is 5.88 Å². The highest BCUT2D eigenvalue weighted by atomic mass is 35.5. The summed E-state index contributed by atoms with van der Waals surface area (Å²) < 4.78 is 19.2. The van der Waals surface area contributed by atoms with Crippen LogP contribution in [0.15, 0.2) is 54.7 Å². The molecule has 2 fully saturated rings. The SMILES string of the molecule is COC(=O)c1ccc2nc(C[C@H]3CC[C@H](Oc4ccnc(Cc5ccc(Cl)cc5)n4)CC3)n(C[C@@H]3CCO3)c2c1. The van der Waals surface area contributed by atoms with Gasteiger partial charge in [-0.1, -0.05) is 23.7 Å². The number of rotatable bonds is 9. The van der Waals surface area contributed by atoms with Crippen LogP contribution in [-0.4, -0.2) is 51.4 Å². The van der Waals surface area contributed by atoms with Gasteiger partial charge in [-0.15, -0.1) is 0 Å². The molecule has 9 heteroatoms. The van der Waals surface area contributed by atoms with Crippen molar-refractivity contribution in [2.45, 2.75) is 63.7 Å². The molecular formula is C31H33ClN4O4. The zero-order chi connectivity index (χ0) is 27.5. The van der Waals surface area contributed by atoms with Crippen LogP contribution in [0.5, 0.6) is 5.88 Å².